The largest absolute Gasteiger partial charge is 0.332 e. The number of nitrogens with one attached hydrogen (secondary N) is 1. The highest BCUT2D eigenvalue weighted by Crippen LogP contribution is 2.34. The Morgan fingerprint density at radius 2 is 1.55 bits per heavy atom. The highest BCUT2D eigenvalue weighted by Gasteiger charge is 2.31. The maximum Gasteiger partial charge on any atom is 0.261 e. The van der Waals surface area contributed by atoms with Gasteiger partial charge in [-0.3, -0.25) is 9.52 Å². The Labute approximate surface area is 183 Å². The molecule has 0 saturated carbocycles. The van der Waals surface area contributed by atoms with E-state index in [1.807, 2.05) is 36.1 Å². The minimum absolute atomic E-state index is 0.0554. The second-order valence-electron chi connectivity index (χ2n) is 7.96. The predicted molar refractivity (Wildman–Crippen MR) is 123 cm³/mol. The van der Waals surface area contributed by atoms with Crippen molar-refractivity contribution in [2.24, 2.45) is 0 Å². The number of carbonyl (C=O) groups is 1. The van der Waals surface area contributed by atoms with Gasteiger partial charge in [0.15, 0.2) is 0 Å². The van der Waals surface area contributed by atoms with E-state index >= 15 is 0 Å². The summed E-state index contributed by atoms with van der Waals surface area (Å²) in [6.07, 6.45) is 1.89. The zero-order chi connectivity index (χ0) is 22.0. The number of sulfonamides is 1. The number of rotatable bonds is 5. The van der Waals surface area contributed by atoms with Crippen molar-refractivity contribution in [1.82, 2.24) is 4.90 Å². The number of anilines is 1. The third-order valence-electron chi connectivity index (χ3n) is 5.86. The average Bonchev–Trinajstić information content (AvgIpc) is 3.25. The van der Waals surface area contributed by atoms with E-state index < -0.39 is 10.0 Å². The number of carbonyl (C=O) groups excluding carboxylic acids is 1. The van der Waals surface area contributed by atoms with Crippen molar-refractivity contribution >= 4 is 21.6 Å². The Morgan fingerprint density at radius 3 is 2.23 bits per heavy atom. The number of hydrogen-bond donors (Lipinski definition) is 1. The molecular weight excluding hydrogens is 408 g/mol. The number of nitrogens with zero attached hydrogens (tertiary/aromatic N) is 1. The number of hydrogen-bond acceptors (Lipinski definition) is 3. The smallest absolute Gasteiger partial charge is 0.261 e. The van der Waals surface area contributed by atoms with Crippen molar-refractivity contribution in [3.05, 3.63) is 95.1 Å². The van der Waals surface area contributed by atoms with Gasteiger partial charge in [0.25, 0.3) is 15.9 Å². The van der Waals surface area contributed by atoms with Crippen LogP contribution in [0.1, 0.15) is 45.9 Å². The third-order valence-corrected chi connectivity index (χ3v) is 7.24. The van der Waals surface area contributed by atoms with Crippen LogP contribution in [0.2, 0.25) is 0 Å². The molecule has 1 heterocycles. The lowest BCUT2D eigenvalue weighted by atomic mass is 9.99. The Kier molecular flexibility index (Phi) is 5.83. The molecule has 1 fully saturated rings. The number of likely N-dealkylation sites (tertiary alicyclic amines) is 1. The lowest BCUT2D eigenvalue weighted by Crippen LogP contribution is -2.31. The maximum absolute atomic E-state index is 13.2. The average molecular weight is 435 g/mol. The molecule has 31 heavy (non-hydrogen) atoms. The summed E-state index contributed by atoms with van der Waals surface area (Å²) in [6, 6.07) is 21.6. The summed E-state index contributed by atoms with van der Waals surface area (Å²) in [7, 11) is -3.73. The van der Waals surface area contributed by atoms with Gasteiger partial charge < -0.3 is 4.90 Å². The van der Waals surface area contributed by atoms with Crippen LogP contribution in [0, 0.1) is 13.8 Å². The lowest BCUT2D eigenvalue weighted by Gasteiger charge is -2.26. The highest BCUT2D eigenvalue weighted by atomic mass is 32.2. The molecule has 160 valence electrons. The van der Waals surface area contributed by atoms with Crippen LogP contribution in [0.15, 0.2) is 77.7 Å². The normalized spacial score (nSPS) is 16.3. The van der Waals surface area contributed by atoms with Crippen LogP contribution in [-0.4, -0.2) is 25.8 Å². The predicted octanol–water partition coefficient (Wildman–Crippen LogP) is 5.08. The highest BCUT2D eigenvalue weighted by molar-refractivity contribution is 7.92. The molecular formula is C25H26N2O3S. The first-order chi connectivity index (χ1) is 14.9. The van der Waals surface area contributed by atoms with Crippen molar-refractivity contribution in [3.63, 3.8) is 0 Å². The van der Waals surface area contributed by atoms with Gasteiger partial charge in [0.05, 0.1) is 16.6 Å². The number of para-hydroxylation sites is 1. The van der Waals surface area contributed by atoms with Crippen molar-refractivity contribution in [2.45, 2.75) is 37.6 Å². The van der Waals surface area contributed by atoms with E-state index in [9.17, 15) is 13.2 Å². The number of aryl methyl sites for hydroxylation is 2. The first-order valence-corrected chi connectivity index (χ1v) is 11.9. The topological polar surface area (TPSA) is 66.5 Å². The molecule has 1 aliphatic heterocycles. The zero-order valence-corrected chi connectivity index (χ0v) is 18.5. The summed E-state index contributed by atoms with van der Waals surface area (Å²) in [6.45, 7) is 4.62. The van der Waals surface area contributed by atoms with E-state index in [1.165, 1.54) is 23.3 Å². The molecule has 0 aliphatic carbocycles. The summed E-state index contributed by atoms with van der Waals surface area (Å²) in [5, 5.41) is 0. The van der Waals surface area contributed by atoms with Crippen molar-refractivity contribution in [3.8, 4) is 0 Å². The molecule has 0 spiro atoms. The fourth-order valence-electron chi connectivity index (χ4n) is 4.13. The van der Waals surface area contributed by atoms with Crippen LogP contribution < -0.4 is 4.72 Å². The van der Waals surface area contributed by atoms with Gasteiger partial charge in [0, 0.05) is 12.1 Å². The molecule has 0 bridgehead atoms. The minimum Gasteiger partial charge on any atom is -0.332 e. The molecule has 1 N–H and O–H groups in total. The Hall–Kier alpha value is -3.12. The van der Waals surface area contributed by atoms with Gasteiger partial charge >= 0.3 is 0 Å². The summed E-state index contributed by atoms with van der Waals surface area (Å²) >= 11 is 0. The zero-order valence-electron chi connectivity index (χ0n) is 17.7. The van der Waals surface area contributed by atoms with Gasteiger partial charge in [0.2, 0.25) is 0 Å². The second kappa shape index (κ2) is 8.55. The van der Waals surface area contributed by atoms with E-state index in [1.54, 1.807) is 24.3 Å². The quantitative estimate of drug-likeness (QED) is 0.609. The lowest BCUT2D eigenvalue weighted by molar-refractivity contribution is 0.0735. The number of amides is 1. The van der Waals surface area contributed by atoms with Crippen molar-refractivity contribution < 1.29 is 13.2 Å². The fraction of sp³-hybridized carbons (Fsp3) is 0.240. The van der Waals surface area contributed by atoms with E-state index in [0.29, 0.717) is 17.8 Å². The number of benzene rings is 3. The molecule has 1 aliphatic rings. The van der Waals surface area contributed by atoms with Gasteiger partial charge in [0.1, 0.15) is 0 Å². The molecule has 1 unspecified atom stereocenters. The summed E-state index contributed by atoms with van der Waals surface area (Å²) in [4.78, 5) is 15.2. The molecule has 1 amide bonds. The van der Waals surface area contributed by atoms with Crippen LogP contribution in [0.4, 0.5) is 5.69 Å². The van der Waals surface area contributed by atoms with Gasteiger partial charge in [-0.15, -0.1) is 0 Å². The molecule has 1 saturated heterocycles. The Bertz CT molecular complexity index is 1200. The van der Waals surface area contributed by atoms with E-state index in [-0.39, 0.29) is 16.8 Å². The third kappa shape index (κ3) is 4.35. The molecule has 4 rings (SSSR count). The summed E-state index contributed by atoms with van der Waals surface area (Å²) < 4.78 is 28.1. The molecule has 6 heteroatoms. The van der Waals surface area contributed by atoms with Gasteiger partial charge in [-0.05, 0) is 73.7 Å². The van der Waals surface area contributed by atoms with E-state index in [4.69, 9.17) is 0 Å². The molecule has 5 nitrogen and oxygen atoms in total. The van der Waals surface area contributed by atoms with E-state index in [2.05, 4.69) is 23.8 Å². The van der Waals surface area contributed by atoms with Crippen molar-refractivity contribution in [1.29, 1.82) is 0 Å². The van der Waals surface area contributed by atoms with Crippen molar-refractivity contribution in [2.75, 3.05) is 11.3 Å². The molecule has 3 aromatic carbocycles. The SMILES string of the molecule is Cc1ccccc1NS(=O)(=O)c1ccc(C(=O)N2CCCC2c2ccccc2C)cc1. The minimum atomic E-state index is -3.73. The second-order valence-corrected chi connectivity index (χ2v) is 9.64. The first-order valence-electron chi connectivity index (χ1n) is 10.4. The molecule has 1 atom stereocenters. The summed E-state index contributed by atoms with van der Waals surface area (Å²) in [5.41, 5.74) is 4.23. The van der Waals surface area contributed by atoms with Crippen LogP contribution in [0.3, 0.4) is 0 Å². The molecule has 0 aromatic heterocycles. The van der Waals surface area contributed by atoms with Crippen LogP contribution in [0.5, 0.6) is 0 Å². The van der Waals surface area contributed by atoms with Gasteiger partial charge in [-0.1, -0.05) is 42.5 Å². The first kappa shape index (κ1) is 21.1. The fourth-order valence-corrected chi connectivity index (χ4v) is 5.26. The summed E-state index contributed by atoms with van der Waals surface area (Å²) in [5.74, 6) is -0.0680. The van der Waals surface area contributed by atoms with Crippen LogP contribution >= 0.6 is 0 Å². The molecule has 3 aromatic rings. The van der Waals surface area contributed by atoms with Gasteiger partial charge in [-0.2, -0.15) is 0 Å². The van der Waals surface area contributed by atoms with E-state index in [0.717, 1.165) is 18.4 Å². The van der Waals surface area contributed by atoms with Crippen LogP contribution in [-0.2, 0) is 10.0 Å². The Balaban J connectivity index is 1.54. The standard InChI is InChI=1S/C25H26N2O3S/c1-18-8-3-5-10-22(18)24-12-7-17-27(24)25(28)20-13-15-21(16-14-20)31(29,30)26-23-11-6-4-9-19(23)2/h3-6,8-11,13-16,24,26H,7,12,17H2,1-2H3. The molecule has 0 radical (unpaired) electrons. The van der Waals surface area contributed by atoms with Crippen LogP contribution in [0.25, 0.3) is 0 Å². The monoisotopic (exact) mass is 434 g/mol. The maximum atomic E-state index is 13.2. The van der Waals surface area contributed by atoms with Gasteiger partial charge in [-0.25, -0.2) is 8.42 Å². The Morgan fingerprint density at radius 1 is 0.903 bits per heavy atom.